The van der Waals surface area contributed by atoms with E-state index in [0.717, 1.165) is 0 Å². The summed E-state index contributed by atoms with van der Waals surface area (Å²) in [5.41, 5.74) is 2.16. The van der Waals surface area contributed by atoms with Gasteiger partial charge in [0.2, 0.25) is 12.7 Å². The van der Waals surface area contributed by atoms with Crippen LogP contribution in [0.4, 0.5) is 26.7 Å². The number of ether oxygens (including phenoxy) is 4. The highest BCUT2D eigenvalue weighted by Gasteiger charge is 2.32. The first-order chi connectivity index (χ1) is 22.1. The SMILES string of the molecule is COc1ccc(NC(=O)Nc2ccc3c(c2)CC(=O)N([C@H](C)CO)C[C@H](C)[C@@H](CN(C)C(=O)Nc2ccc4c(c2)OCO4)O3)cc1. The molecule has 4 N–H and O–H groups in total. The zero-order valence-electron chi connectivity index (χ0n) is 26.2. The van der Waals surface area contributed by atoms with E-state index in [0.29, 0.717) is 52.2 Å². The maximum atomic E-state index is 13.5. The highest BCUT2D eigenvalue weighted by atomic mass is 16.7. The molecule has 46 heavy (non-hydrogen) atoms. The number of nitrogens with zero attached hydrogens (tertiary/aromatic N) is 2. The highest BCUT2D eigenvalue weighted by Crippen LogP contribution is 2.34. The molecule has 0 aromatic heterocycles. The van der Waals surface area contributed by atoms with Gasteiger partial charge in [-0.25, -0.2) is 9.59 Å². The second-order valence-corrected chi connectivity index (χ2v) is 11.4. The summed E-state index contributed by atoms with van der Waals surface area (Å²) < 4.78 is 22.4. The van der Waals surface area contributed by atoms with E-state index in [1.165, 1.54) is 4.90 Å². The molecule has 0 saturated carbocycles. The van der Waals surface area contributed by atoms with Crippen molar-refractivity contribution < 1.29 is 38.4 Å². The van der Waals surface area contributed by atoms with Crippen LogP contribution in [0.1, 0.15) is 19.4 Å². The minimum Gasteiger partial charge on any atom is -0.497 e. The number of amides is 5. The summed E-state index contributed by atoms with van der Waals surface area (Å²) in [4.78, 5) is 42.6. The van der Waals surface area contributed by atoms with Gasteiger partial charge >= 0.3 is 12.1 Å². The van der Waals surface area contributed by atoms with Gasteiger partial charge in [0, 0.05) is 48.2 Å². The molecule has 3 aromatic rings. The van der Waals surface area contributed by atoms with Crippen LogP contribution in [0.5, 0.6) is 23.0 Å². The number of hydrogen-bond acceptors (Lipinski definition) is 8. The number of urea groups is 2. The summed E-state index contributed by atoms with van der Waals surface area (Å²) in [5.74, 6) is 1.91. The number of benzene rings is 3. The second kappa shape index (κ2) is 14.3. The fraction of sp³-hybridized carbons (Fsp3) is 0.364. The average molecular weight is 634 g/mol. The van der Waals surface area contributed by atoms with Crippen molar-refractivity contribution in [3.05, 3.63) is 66.2 Å². The summed E-state index contributed by atoms with van der Waals surface area (Å²) in [6, 6.07) is 16.0. The Morgan fingerprint density at radius 1 is 0.978 bits per heavy atom. The third-order valence-electron chi connectivity index (χ3n) is 7.95. The van der Waals surface area contributed by atoms with Crippen molar-refractivity contribution in [1.29, 1.82) is 0 Å². The van der Waals surface area contributed by atoms with E-state index < -0.39 is 18.2 Å². The van der Waals surface area contributed by atoms with Gasteiger partial charge in [0.25, 0.3) is 0 Å². The zero-order chi connectivity index (χ0) is 32.8. The number of anilines is 3. The third kappa shape index (κ3) is 7.72. The first-order valence-corrected chi connectivity index (χ1v) is 15.0. The standard InChI is InChI=1S/C33H39N5O8/c1-20-16-38(21(2)18-39)31(40)14-22-13-24(35-32(41)34-23-5-9-26(43-4)10-6-23)7-11-27(22)46-30(20)17-37(3)33(42)36-25-8-12-28-29(15-25)45-19-44-28/h5-13,15,20-21,30,39H,14,16-19H2,1-4H3,(H,36,42)(H2,34,35,41)/t20-,21+,30+/m0/s1. The van der Waals surface area contributed by atoms with Gasteiger partial charge in [0.1, 0.15) is 17.6 Å². The van der Waals surface area contributed by atoms with E-state index in [4.69, 9.17) is 18.9 Å². The van der Waals surface area contributed by atoms with Crippen molar-refractivity contribution >= 4 is 35.0 Å². The Balaban J connectivity index is 1.33. The molecule has 0 aliphatic carbocycles. The number of hydrogen-bond donors (Lipinski definition) is 4. The monoisotopic (exact) mass is 633 g/mol. The molecule has 2 heterocycles. The molecule has 0 unspecified atom stereocenters. The third-order valence-corrected chi connectivity index (χ3v) is 7.95. The Kier molecular flexibility index (Phi) is 10.0. The van der Waals surface area contributed by atoms with E-state index in [1.54, 1.807) is 86.6 Å². The number of fused-ring (bicyclic) bond motifs is 2. The van der Waals surface area contributed by atoms with Crippen LogP contribution in [0.2, 0.25) is 0 Å². The molecule has 5 rings (SSSR count). The van der Waals surface area contributed by atoms with Crippen LogP contribution in [0.3, 0.4) is 0 Å². The van der Waals surface area contributed by atoms with E-state index in [2.05, 4.69) is 16.0 Å². The van der Waals surface area contributed by atoms with Gasteiger partial charge in [0.15, 0.2) is 11.5 Å². The Hall–Kier alpha value is -5.17. The van der Waals surface area contributed by atoms with Crippen LogP contribution in [-0.4, -0.2) is 85.7 Å². The Morgan fingerprint density at radius 2 is 1.63 bits per heavy atom. The largest absolute Gasteiger partial charge is 0.497 e. The van der Waals surface area contributed by atoms with E-state index in [9.17, 15) is 19.5 Å². The maximum absolute atomic E-state index is 13.5. The number of nitrogens with one attached hydrogen (secondary N) is 3. The topological polar surface area (TPSA) is 151 Å². The van der Waals surface area contributed by atoms with Crippen LogP contribution in [0.25, 0.3) is 0 Å². The average Bonchev–Trinajstić information content (AvgIpc) is 3.53. The minimum atomic E-state index is -0.511. The van der Waals surface area contributed by atoms with Crippen LogP contribution in [-0.2, 0) is 11.2 Å². The van der Waals surface area contributed by atoms with E-state index in [1.807, 2.05) is 6.92 Å². The van der Waals surface area contributed by atoms with Crippen molar-refractivity contribution in [2.24, 2.45) is 5.92 Å². The van der Waals surface area contributed by atoms with E-state index in [-0.39, 0.29) is 44.2 Å². The van der Waals surface area contributed by atoms with Gasteiger partial charge < -0.3 is 49.8 Å². The molecule has 0 saturated heterocycles. The molecule has 2 aliphatic rings. The lowest BCUT2D eigenvalue weighted by atomic mass is 10.0. The van der Waals surface area contributed by atoms with Crippen LogP contribution in [0.15, 0.2) is 60.7 Å². The lowest BCUT2D eigenvalue weighted by molar-refractivity contribution is -0.134. The normalized spacial score (nSPS) is 17.8. The molecular weight excluding hydrogens is 594 g/mol. The Bertz CT molecular complexity index is 1570. The van der Waals surface area contributed by atoms with Gasteiger partial charge in [-0.05, 0) is 61.5 Å². The molecule has 3 atom stereocenters. The molecule has 0 bridgehead atoms. The minimum absolute atomic E-state index is 0.00479. The smallest absolute Gasteiger partial charge is 0.323 e. The molecule has 13 nitrogen and oxygen atoms in total. The van der Waals surface area contributed by atoms with Gasteiger partial charge in [0.05, 0.1) is 32.7 Å². The van der Waals surface area contributed by atoms with E-state index >= 15 is 0 Å². The Morgan fingerprint density at radius 3 is 2.35 bits per heavy atom. The number of aliphatic hydroxyl groups excluding tert-OH is 1. The number of rotatable bonds is 8. The molecule has 2 aliphatic heterocycles. The lowest BCUT2D eigenvalue weighted by Crippen LogP contribution is -2.48. The number of aliphatic hydroxyl groups is 1. The van der Waals surface area contributed by atoms with Crippen molar-refractivity contribution in [3.63, 3.8) is 0 Å². The summed E-state index contributed by atoms with van der Waals surface area (Å²) in [7, 11) is 3.23. The predicted molar refractivity (Wildman–Crippen MR) is 172 cm³/mol. The molecule has 0 fully saturated rings. The van der Waals surface area contributed by atoms with Crippen molar-refractivity contribution in [2.45, 2.75) is 32.4 Å². The molecule has 5 amide bonds. The highest BCUT2D eigenvalue weighted by molar-refractivity contribution is 6.00. The Labute approximate surface area is 267 Å². The summed E-state index contributed by atoms with van der Waals surface area (Å²) in [5, 5.41) is 18.4. The van der Waals surface area contributed by atoms with Crippen molar-refractivity contribution in [1.82, 2.24) is 9.80 Å². The fourth-order valence-electron chi connectivity index (χ4n) is 5.24. The lowest BCUT2D eigenvalue weighted by Gasteiger charge is -2.34. The fourth-order valence-corrected chi connectivity index (χ4v) is 5.24. The number of carbonyl (C=O) groups excluding carboxylic acids is 3. The van der Waals surface area contributed by atoms with Crippen molar-refractivity contribution in [2.75, 3.05) is 56.6 Å². The van der Waals surface area contributed by atoms with Gasteiger partial charge in [-0.15, -0.1) is 0 Å². The summed E-state index contributed by atoms with van der Waals surface area (Å²) in [6.45, 7) is 4.17. The summed E-state index contributed by atoms with van der Waals surface area (Å²) in [6.07, 6.45) is -0.516. The summed E-state index contributed by atoms with van der Waals surface area (Å²) >= 11 is 0. The van der Waals surface area contributed by atoms with Gasteiger partial charge in [-0.3, -0.25) is 4.79 Å². The van der Waals surface area contributed by atoms with Gasteiger partial charge in [-0.1, -0.05) is 6.92 Å². The number of methoxy groups -OCH3 is 1. The van der Waals surface area contributed by atoms with Crippen molar-refractivity contribution in [3.8, 4) is 23.0 Å². The first kappa shape index (κ1) is 32.2. The second-order valence-electron chi connectivity index (χ2n) is 11.4. The number of likely N-dealkylation sites (N-methyl/N-ethyl adjacent to an activating group) is 1. The molecule has 0 spiro atoms. The number of carbonyl (C=O) groups is 3. The molecule has 13 heteroatoms. The van der Waals surface area contributed by atoms with Crippen LogP contribution < -0.4 is 34.9 Å². The molecule has 3 aromatic carbocycles. The maximum Gasteiger partial charge on any atom is 0.323 e. The van der Waals surface area contributed by atoms with Crippen LogP contribution in [0, 0.1) is 5.92 Å². The quantitative estimate of drug-likeness (QED) is 0.285. The molecule has 0 radical (unpaired) electrons. The van der Waals surface area contributed by atoms with Crippen LogP contribution >= 0.6 is 0 Å². The molecular formula is C33H39N5O8. The molecule has 244 valence electrons. The van der Waals surface area contributed by atoms with Gasteiger partial charge in [-0.2, -0.15) is 0 Å². The zero-order valence-corrected chi connectivity index (χ0v) is 26.2. The first-order valence-electron chi connectivity index (χ1n) is 15.0. The predicted octanol–water partition coefficient (Wildman–Crippen LogP) is 4.38.